The first-order valence-electron chi connectivity index (χ1n) is 13.8. The van der Waals surface area contributed by atoms with Gasteiger partial charge in [-0.1, -0.05) is 12.1 Å². The number of likely N-dealkylation sites (N-methyl/N-ethyl adjacent to an activating group) is 1. The predicted molar refractivity (Wildman–Crippen MR) is 143 cm³/mol. The molecule has 3 amide bonds. The van der Waals surface area contributed by atoms with Crippen LogP contribution >= 0.6 is 0 Å². The van der Waals surface area contributed by atoms with Crippen LogP contribution in [0.2, 0.25) is 0 Å². The second-order valence-corrected chi connectivity index (χ2v) is 10.9. The third kappa shape index (κ3) is 9.37. The van der Waals surface area contributed by atoms with Crippen molar-refractivity contribution >= 4 is 24.1 Å². The summed E-state index contributed by atoms with van der Waals surface area (Å²) in [6, 6.07) is 6.10. The van der Waals surface area contributed by atoms with Crippen molar-refractivity contribution in [3.05, 3.63) is 29.8 Å². The monoisotopic (exact) mass is 563 g/mol. The highest BCUT2D eigenvalue weighted by atomic mass is 16.6. The van der Waals surface area contributed by atoms with Gasteiger partial charge in [-0.25, -0.2) is 14.4 Å². The minimum Gasteiger partial charge on any atom is -0.508 e. The molecule has 2 unspecified atom stereocenters. The Hall–Kier alpha value is -3.38. The van der Waals surface area contributed by atoms with Crippen LogP contribution in [0.3, 0.4) is 0 Å². The Morgan fingerprint density at radius 1 is 1.00 bits per heavy atom. The second kappa shape index (κ2) is 14.3. The molecule has 1 aromatic rings. The van der Waals surface area contributed by atoms with Crippen molar-refractivity contribution in [3.63, 3.8) is 0 Å². The van der Waals surface area contributed by atoms with Gasteiger partial charge in [0.15, 0.2) is 6.10 Å². The summed E-state index contributed by atoms with van der Waals surface area (Å²) in [4.78, 5) is 53.3. The van der Waals surface area contributed by atoms with E-state index < -0.39 is 36.1 Å². The van der Waals surface area contributed by atoms with Crippen molar-refractivity contribution in [3.8, 4) is 5.75 Å². The van der Waals surface area contributed by atoms with Crippen LogP contribution in [0.1, 0.15) is 71.5 Å². The number of amides is 3. The molecule has 0 spiro atoms. The molecule has 222 valence electrons. The third-order valence-corrected chi connectivity index (χ3v) is 6.49. The standard InChI is InChI=1S/C28H41N3O9/c1-5-29-25(34)24(19-9-11-20(32)12-10-19)38-22-8-6-7-15-31(22)27(36)39-26(35)30-16-13-21(14-17-30)37-18-23(33)40-28(2,3)4/h9-12,21-22,24,32H,5-8,13-18H2,1-4H3,(H,29,34). The Bertz CT molecular complexity index is 1020. The largest absolute Gasteiger partial charge is 0.508 e. The number of piperidine rings is 2. The second-order valence-electron chi connectivity index (χ2n) is 10.9. The number of nitrogens with zero attached hydrogens (tertiary/aromatic N) is 2. The quantitative estimate of drug-likeness (QED) is 0.359. The number of esters is 1. The fraction of sp³-hybridized carbons (Fsp3) is 0.643. The molecule has 40 heavy (non-hydrogen) atoms. The highest BCUT2D eigenvalue weighted by molar-refractivity contribution is 5.84. The SMILES string of the molecule is CCNC(=O)C(OC1CCCCN1C(=O)OC(=O)N1CCC(OCC(=O)OC(C)(C)C)CC1)c1ccc(O)cc1. The summed E-state index contributed by atoms with van der Waals surface area (Å²) in [7, 11) is 0. The van der Waals surface area contributed by atoms with Crippen LogP contribution in [0, 0.1) is 0 Å². The zero-order valence-electron chi connectivity index (χ0n) is 23.7. The van der Waals surface area contributed by atoms with E-state index in [0.717, 1.165) is 6.42 Å². The van der Waals surface area contributed by atoms with E-state index in [4.69, 9.17) is 18.9 Å². The molecule has 0 saturated carbocycles. The maximum Gasteiger partial charge on any atom is 0.420 e. The van der Waals surface area contributed by atoms with Crippen LogP contribution in [0.15, 0.2) is 24.3 Å². The minimum atomic E-state index is -1.02. The van der Waals surface area contributed by atoms with Crippen molar-refractivity contribution in [2.75, 3.05) is 32.8 Å². The summed E-state index contributed by atoms with van der Waals surface area (Å²) >= 11 is 0. The summed E-state index contributed by atoms with van der Waals surface area (Å²) in [5.74, 6) is -0.767. The lowest BCUT2D eigenvalue weighted by Gasteiger charge is -2.37. The van der Waals surface area contributed by atoms with Crippen LogP contribution in [0.5, 0.6) is 5.75 Å². The molecule has 12 heteroatoms. The van der Waals surface area contributed by atoms with Crippen LogP contribution in [-0.4, -0.2) is 89.7 Å². The van der Waals surface area contributed by atoms with E-state index in [0.29, 0.717) is 57.4 Å². The van der Waals surface area contributed by atoms with Crippen molar-refractivity contribution in [2.24, 2.45) is 0 Å². The number of carbonyl (C=O) groups is 4. The van der Waals surface area contributed by atoms with E-state index in [2.05, 4.69) is 5.32 Å². The maximum absolute atomic E-state index is 13.0. The number of rotatable bonds is 8. The molecule has 0 bridgehead atoms. The highest BCUT2D eigenvalue weighted by Gasteiger charge is 2.36. The molecule has 2 heterocycles. The van der Waals surface area contributed by atoms with Crippen molar-refractivity contribution in [1.29, 1.82) is 0 Å². The zero-order chi connectivity index (χ0) is 29.3. The number of aromatic hydroxyl groups is 1. The molecular weight excluding hydrogens is 522 g/mol. The lowest BCUT2D eigenvalue weighted by Crippen LogP contribution is -2.49. The van der Waals surface area contributed by atoms with Gasteiger partial charge in [0.25, 0.3) is 5.91 Å². The summed E-state index contributed by atoms with van der Waals surface area (Å²) in [6.07, 6.45) is -0.680. The Kier molecular flexibility index (Phi) is 11.1. The summed E-state index contributed by atoms with van der Waals surface area (Å²) in [6.45, 7) is 8.30. The fourth-order valence-electron chi connectivity index (χ4n) is 4.58. The van der Waals surface area contributed by atoms with Crippen LogP contribution in [-0.2, 0) is 28.5 Å². The molecule has 0 aromatic heterocycles. The van der Waals surface area contributed by atoms with Gasteiger partial charge < -0.3 is 34.3 Å². The number of hydrogen-bond donors (Lipinski definition) is 2. The normalized spacial score (nSPS) is 19.1. The molecule has 2 aliphatic heterocycles. The van der Waals surface area contributed by atoms with E-state index >= 15 is 0 Å². The Morgan fingerprint density at radius 2 is 1.68 bits per heavy atom. The number of nitrogens with one attached hydrogen (secondary N) is 1. The first-order chi connectivity index (χ1) is 19.0. The number of likely N-dealkylation sites (tertiary alicyclic amines) is 2. The van der Waals surface area contributed by atoms with Crippen LogP contribution in [0.4, 0.5) is 9.59 Å². The Labute approximate surface area is 234 Å². The van der Waals surface area contributed by atoms with Gasteiger partial charge >= 0.3 is 18.2 Å². The van der Waals surface area contributed by atoms with Gasteiger partial charge in [-0.3, -0.25) is 9.69 Å². The number of carbonyl (C=O) groups excluding carboxylic acids is 4. The van der Waals surface area contributed by atoms with Crippen molar-refractivity contribution < 1.29 is 43.2 Å². The number of benzene rings is 1. The van der Waals surface area contributed by atoms with Gasteiger partial charge in [-0.15, -0.1) is 0 Å². The predicted octanol–water partition coefficient (Wildman–Crippen LogP) is 3.48. The van der Waals surface area contributed by atoms with Crippen molar-refractivity contribution in [1.82, 2.24) is 15.1 Å². The molecule has 2 N–H and O–H groups in total. The summed E-state index contributed by atoms with van der Waals surface area (Å²) in [5.41, 5.74) is -0.0668. The van der Waals surface area contributed by atoms with E-state index in [1.807, 2.05) is 0 Å². The molecule has 2 aliphatic rings. The molecule has 0 aliphatic carbocycles. The molecule has 2 fully saturated rings. The van der Waals surface area contributed by atoms with Gasteiger partial charge in [-0.2, -0.15) is 0 Å². The van der Waals surface area contributed by atoms with Crippen LogP contribution in [0.25, 0.3) is 0 Å². The third-order valence-electron chi connectivity index (χ3n) is 6.49. The fourth-order valence-corrected chi connectivity index (χ4v) is 4.58. The summed E-state index contributed by atoms with van der Waals surface area (Å²) < 4.78 is 22.2. The number of hydrogen-bond acceptors (Lipinski definition) is 9. The number of phenols is 1. The average molecular weight is 564 g/mol. The molecular formula is C28H41N3O9. The zero-order valence-corrected chi connectivity index (χ0v) is 23.7. The molecule has 2 saturated heterocycles. The average Bonchev–Trinajstić information content (AvgIpc) is 2.90. The number of phenolic OH excluding ortho intramolecular Hbond substituents is 1. The Morgan fingerprint density at radius 3 is 2.30 bits per heavy atom. The van der Waals surface area contributed by atoms with Gasteiger partial charge in [0.05, 0.1) is 6.10 Å². The first kappa shape index (κ1) is 31.2. The van der Waals surface area contributed by atoms with Gasteiger partial charge in [-0.05, 0) is 77.5 Å². The van der Waals surface area contributed by atoms with Crippen LogP contribution < -0.4 is 5.32 Å². The minimum absolute atomic E-state index is 0.0541. The lowest BCUT2D eigenvalue weighted by atomic mass is 10.1. The molecule has 1 aromatic carbocycles. The first-order valence-corrected chi connectivity index (χ1v) is 13.8. The molecule has 3 rings (SSSR count). The maximum atomic E-state index is 13.0. The summed E-state index contributed by atoms with van der Waals surface area (Å²) in [5, 5.41) is 12.4. The van der Waals surface area contributed by atoms with Gasteiger partial charge in [0.2, 0.25) is 0 Å². The van der Waals surface area contributed by atoms with E-state index in [9.17, 15) is 24.3 Å². The van der Waals surface area contributed by atoms with E-state index in [1.165, 1.54) is 21.9 Å². The molecule has 2 atom stereocenters. The highest BCUT2D eigenvalue weighted by Crippen LogP contribution is 2.28. The van der Waals surface area contributed by atoms with Crippen molar-refractivity contribution in [2.45, 2.75) is 83.8 Å². The van der Waals surface area contributed by atoms with E-state index in [-0.39, 0.29) is 24.4 Å². The van der Waals surface area contributed by atoms with Gasteiger partial charge in [0.1, 0.15) is 24.2 Å². The smallest absolute Gasteiger partial charge is 0.420 e. The lowest BCUT2D eigenvalue weighted by molar-refractivity contribution is -0.163. The number of ether oxygens (including phenoxy) is 4. The Balaban J connectivity index is 1.54. The van der Waals surface area contributed by atoms with Gasteiger partial charge in [0, 0.05) is 26.2 Å². The topological polar surface area (TPSA) is 144 Å². The molecule has 0 radical (unpaired) electrons. The van der Waals surface area contributed by atoms with E-state index in [1.54, 1.807) is 39.8 Å². The molecule has 12 nitrogen and oxygen atoms in total.